The molecule has 0 aliphatic heterocycles. The van der Waals surface area contributed by atoms with Crippen molar-refractivity contribution in [3.05, 3.63) is 34.6 Å². The quantitative estimate of drug-likeness (QED) is 0.790. The van der Waals surface area contributed by atoms with Crippen molar-refractivity contribution in [2.75, 3.05) is 19.8 Å². The molecule has 0 radical (unpaired) electrons. The van der Waals surface area contributed by atoms with Crippen molar-refractivity contribution in [3.8, 4) is 0 Å². The lowest BCUT2D eigenvalue weighted by Crippen LogP contribution is -2.40. The van der Waals surface area contributed by atoms with Crippen molar-refractivity contribution in [3.63, 3.8) is 0 Å². The molecule has 0 saturated heterocycles. The summed E-state index contributed by atoms with van der Waals surface area (Å²) >= 11 is 0. The second kappa shape index (κ2) is 6.10. The molecule has 0 unspecified atom stereocenters. The number of aliphatic hydroxyl groups is 2. The van der Waals surface area contributed by atoms with Gasteiger partial charge in [-0.2, -0.15) is 0 Å². The van der Waals surface area contributed by atoms with Gasteiger partial charge in [0.05, 0.1) is 13.2 Å². The molecular weight excluding hydrogens is 282 g/mol. The minimum absolute atomic E-state index is 0.174. The first-order chi connectivity index (χ1) is 10.3. The Bertz CT molecular complexity index is 698. The molecule has 3 N–H and O–H groups in total. The standard InChI is InChI=1S/C17H23NO4/c1-10-5-6-11(2)14-13(10)12(3)15(22-14)16(21)18-7-17(4,8-19)9-20/h5-6,19-20H,7-9H2,1-4H3,(H,18,21). The summed E-state index contributed by atoms with van der Waals surface area (Å²) in [4.78, 5) is 12.4. The van der Waals surface area contributed by atoms with Gasteiger partial charge in [0, 0.05) is 22.9 Å². The topological polar surface area (TPSA) is 82.7 Å². The van der Waals surface area contributed by atoms with Crippen molar-refractivity contribution in [2.24, 2.45) is 5.41 Å². The molecule has 2 rings (SSSR count). The van der Waals surface area contributed by atoms with E-state index in [2.05, 4.69) is 5.32 Å². The van der Waals surface area contributed by atoms with Crippen LogP contribution in [0.2, 0.25) is 0 Å². The fraction of sp³-hybridized carbons (Fsp3) is 0.471. The third-order valence-corrected chi connectivity index (χ3v) is 4.13. The normalized spacial score (nSPS) is 11.9. The van der Waals surface area contributed by atoms with Crippen molar-refractivity contribution < 1.29 is 19.4 Å². The predicted molar refractivity (Wildman–Crippen MR) is 85.0 cm³/mol. The molecule has 2 aromatic rings. The minimum Gasteiger partial charge on any atom is -0.450 e. The van der Waals surface area contributed by atoms with Crippen molar-refractivity contribution in [1.29, 1.82) is 0 Å². The van der Waals surface area contributed by atoms with Gasteiger partial charge in [-0.1, -0.05) is 19.1 Å². The molecule has 1 heterocycles. The number of carbonyl (C=O) groups is 1. The average molecular weight is 305 g/mol. The highest BCUT2D eigenvalue weighted by Crippen LogP contribution is 2.30. The molecule has 0 aliphatic rings. The van der Waals surface area contributed by atoms with Gasteiger partial charge in [0.15, 0.2) is 5.76 Å². The van der Waals surface area contributed by atoms with Gasteiger partial charge in [-0.15, -0.1) is 0 Å². The van der Waals surface area contributed by atoms with E-state index in [1.807, 2.05) is 32.9 Å². The summed E-state index contributed by atoms with van der Waals surface area (Å²) in [5, 5.41) is 22.3. The highest BCUT2D eigenvalue weighted by Gasteiger charge is 2.25. The number of fused-ring (bicyclic) bond motifs is 1. The molecule has 0 spiro atoms. The Morgan fingerprint density at radius 3 is 2.32 bits per heavy atom. The number of rotatable bonds is 5. The SMILES string of the molecule is Cc1ccc(C)c2c(C)c(C(=O)NCC(C)(CO)CO)oc12. The first-order valence-electron chi connectivity index (χ1n) is 7.32. The van der Waals surface area contributed by atoms with E-state index in [1.165, 1.54) is 0 Å². The monoisotopic (exact) mass is 305 g/mol. The largest absolute Gasteiger partial charge is 0.450 e. The summed E-state index contributed by atoms with van der Waals surface area (Å²) < 4.78 is 5.77. The molecule has 0 fully saturated rings. The highest BCUT2D eigenvalue weighted by molar-refractivity contribution is 6.00. The maximum Gasteiger partial charge on any atom is 0.287 e. The Labute approximate surface area is 129 Å². The van der Waals surface area contributed by atoms with Crippen LogP contribution >= 0.6 is 0 Å². The van der Waals surface area contributed by atoms with Gasteiger partial charge in [-0.25, -0.2) is 0 Å². The summed E-state index contributed by atoms with van der Waals surface area (Å²) in [6.07, 6.45) is 0. The second-order valence-electron chi connectivity index (χ2n) is 6.27. The molecule has 1 amide bonds. The Morgan fingerprint density at radius 1 is 1.18 bits per heavy atom. The Morgan fingerprint density at radius 2 is 1.77 bits per heavy atom. The van der Waals surface area contributed by atoms with E-state index in [0.717, 1.165) is 27.7 Å². The first kappa shape index (κ1) is 16.5. The number of aliphatic hydroxyl groups excluding tert-OH is 2. The third-order valence-electron chi connectivity index (χ3n) is 4.13. The van der Waals surface area contributed by atoms with Gasteiger partial charge in [0.2, 0.25) is 0 Å². The van der Waals surface area contributed by atoms with Crippen LogP contribution < -0.4 is 5.32 Å². The lowest BCUT2D eigenvalue weighted by atomic mass is 9.93. The van der Waals surface area contributed by atoms with Crippen LogP contribution in [-0.2, 0) is 0 Å². The van der Waals surface area contributed by atoms with E-state index in [0.29, 0.717) is 0 Å². The second-order valence-corrected chi connectivity index (χ2v) is 6.27. The molecule has 120 valence electrons. The lowest BCUT2D eigenvalue weighted by Gasteiger charge is -2.24. The van der Waals surface area contributed by atoms with Crippen LogP contribution in [-0.4, -0.2) is 35.9 Å². The summed E-state index contributed by atoms with van der Waals surface area (Å²) in [5.41, 5.74) is 2.84. The van der Waals surface area contributed by atoms with Crippen molar-refractivity contribution in [2.45, 2.75) is 27.7 Å². The van der Waals surface area contributed by atoms with Crippen molar-refractivity contribution in [1.82, 2.24) is 5.32 Å². The molecule has 0 atom stereocenters. The first-order valence-corrected chi connectivity index (χ1v) is 7.32. The number of furan rings is 1. The van der Waals surface area contributed by atoms with Crippen LogP contribution in [0.4, 0.5) is 0 Å². The van der Waals surface area contributed by atoms with Crippen LogP contribution in [0, 0.1) is 26.2 Å². The molecule has 0 bridgehead atoms. The maximum absolute atomic E-state index is 12.4. The molecule has 1 aromatic carbocycles. The van der Waals surface area contributed by atoms with E-state index >= 15 is 0 Å². The summed E-state index contributed by atoms with van der Waals surface area (Å²) in [7, 11) is 0. The Kier molecular flexibility index (Phi) is 4.58. The number of amides is 1. The van der Waals surface area contributed by atoms with Crippen LogP contribution in [0.25, 0.3) is 11.0 Å². The molecule has 22 heavy (non-hydrogen) atoms. The van der Waals surface area contributed by atoms with Gasteiger partial charge in [-0.3, -0.25) is 4.79 Å². The zero-order chi connectivity index (χ0) is 16.5. The molecular formula is C17H23NO4. The van der Waals surface area contributed by atoms with Crippen LogP contribution in [0.15, 0.2) is 16.5 Å². The number of benzene rings is 1. The van der Waals surface area contributed by atoms with E-state index in [1.54, 1.807) is 6.92 Å². The van der Waals surface area contributed by atoms with E-state index in [-0.39, 0.29) is 31.4 Å². The van der Waals surface area contributed by atoms with Gasteiger partial charge in [0.1, 0.15) is 5.58 Å². The fourth-order valence-electron chi connectivity index (χ4n) is 2.43. The summed E-state index contributed by atoms with van der Waals surface area (Å²) in [5.74, 6) is -0.0498. The van der Waals surface area contributed by atoms with Gasteiger partial charge in [0.25, 0.3) is 5.91 Å². The van der Waals surface area contributed by atoms with Gasteiger partial charge in [-0.05, 0) is 31.9 Å². The van der Waals surface area contributed by atoms with E-state index in [4.69, 9.17) is 4.42 Å². The molecule has 0 aliphatic carbocycles. The number of aryl methyl sites for hydroxylation is 3. The van der Waals surface area contributed by atoms with E-state index < -0.39 is 5.41 Å². The van der Waals surface area contributed by atoms with Crippen LogP contribution in [0.3, 0.4) is 0 Å². The van der Waals surface area contributed by atoms with Crippen LogP contribution in [0.5, 0.6) is 0 Å². The zero-order valence-electron chi connectivity index (χ0n) is 13.5. The molecule has 5 nitrogen and oxygen atoms in total. The van der Waals surface area contributed by atoms with Crippen LogP contribution in [0.1, 0.15) is 34.2 Å². The highest BCUT2D eigenvalue weighted by atomic mass is 16.3. The Hall–Kier alpha value is -1.85. The lowest BCUT2D eigenvalue weighted by molar-refractivity contribution is 0.0637. The zero-order valence-corrected chi connectivity index (χ0v) is 13.5. The summed E-state index contributed by atoms with van der Waals surface area (Å²) in [6.45, 7) is 7.26. The fourth-order valence-corrected chi connectivity index (χ4v) is 2.43. The van der Waals surface area contributed by atoms with E-state index in [9.17, 15) is 15.0 Å². The number of carbonyl (C=O) groups excluding carboxylic acids is 1. The predicted octanol–water partition coefficient (Wildman–Crippen LogP) is 2.08. The molecule has 0 saturated carbocycles. The van der Waals surface area contributed by atoms with Crippen molar-refractivity contribution >= 4 is 16.9 Å². The molecule has 1 aromatic heterocycles. The maximum atomic E-state index is 12.4. The minimum atomic E-state index is -0.749. The van der Waals surface area contributed by atoms with Gasteiger partial charge < -0.3 is 19.9 Å². The average Bonchev–Trinajstić information content (AvgIpc) is 2.87. The Balaban J connectivity index is 2.32. The third kappa shape index (κ3) is 2.87. The molecule has 5 heteroatoms. The smallest absolute Gasteiger partial charge is 0.287 e. The summed E-state index contributed by atoms with van der Waals surface area (Å²) in [6, 6.07) is 3.98. The number of hydrogen-bond donors (Lipinski definition) is 3. The number of hydrogen-bond acceptors (Lipinski definition) is 4. The van der Waals surface area contributed by atoms with Gasteiger partial charge >= 0.3 is 0 Å². The number of nitrogens with one attached hydrogen (secondary N) is 1.